The molecule has 0 aliphatic carbocycles. The van der Waals surface area contributed by atoms with Crippen LogP contribution in [0.15, 0.2) is 23.1 Å². The number of hydrogen-bond acceptors (Lipinski definition) is 2. The summed E-state index contributed by atoms with van der Waals surface area (Å²) in [5, 5.41) is 0.614. The van der Waals surface area contributed by atoms with Crippen LogP contribution < -0.4 is 0 Å². The lowest BCUT2D eigenvalue weighted by Crippen LogP contribution is -2.42. The molecule has 0 radical (unpaired) electrons. The first-order chi connectivity index (χ1) is 8.80. The quantitative estimate of drug-likeness (QED) is 0.833. The number of sulfonamides is 1. The maximum atomic E-state index is 12.6. The molecule has 0 aromatic heterocycles. The van der Waals surface area contributed by atoms with Crippen LogP contribution in [-0.4, -0.2) is 25.8 Å². The molecule has 106 valence electrons. The van der Waals surface area contributed by atoms with Gasteiger partial charge in [0.05, 0.1) is 5.02 Å². The molecule has 0 saturated carbocycles. The van der Waals surface area contributed by atoms with Gasteiger partial charge in [-0.3, -0.25) is 0 Å². The van der Waals surface area contributed by atoms with Crippen LogP contribution >= 0.6 is 23.2 Å². The fraction of sp³-hybridized carbons (Fsp3) is 0.538. The van der Waals surface area contributed by atoms with Crippen LogP contribution in [0.25, 0.3) is 0 Å². The van der Waals surface area contributed by atoms with Gasteiger partial charge in [0.2, 0.25) is 10.0 Å². The van der Waals surface area contributed by atoms with E-state index in [1.54, 1.807) is 6.07 Å². The van der Waals surface area contributed by atoms with E-state index in [4.69, 9.17) is 23.2 Å². The van der Waals surface area contributed by atoms with Crippen molar-refractivity contribution in [3.05, 3.63) is 28.2 Å². The number of halogens is 2. The van der Waals surface area contributed by atoms with Crippen molar-refractivity contribution in [1.29, 1.82) is 0 Å². The Balaban J connectivity index is 2.36. The summed E-state index contributed by atoms with van der Waals surface area (Å²) in [6.45, 7) is 5.24. The zero-order chi connectivity index (χ0) is 14.2. The van der Waals surface area contributed by atoms with E-state index in [0.29, 0.717) is 29.9 Å². The number of piperidine rings is 1. The third kappa shape index (κ3) is 3.24. The van der Waals surface area contributed by atoms with Gasteiger partial charge in [-0.15, -0.1) is 0 Å². The highest BCUT2D eigenvalue weighted by atomic mass is 35.5. The average molecular weight is 322 g/mol. The second-order valence-corrected chi connectivity index (χ2v) is 8.09. The van der Waals surface area contributed by atoms with Crippen molar-refractivity contribution in [3.8, 4) is 0 Å². The molecule has 0 bridgehead atoms. The summed E-state index contributed by atoms with van der Waals surface area (Å²) in [6, 6.07) is 4.49. The van der Waals surface area contributed by atoms with Gasteiger partial charge in [0.15, 0.2) is 0 Å². The van der Waals surface area contributed by atoms with Gasteiger partial charge in [-0.25, -0.2) is 8.42 Å². The Morgan fingerprint density at radius 1 is 1.16 bits per heavy atom. The zero-order valence-electron chi connectivity index (χ0n) is 10.9. The van der Waals surface area contributed by atoms with Crippen LogP contribution in [0.5, 0.6) is 0 Å². The van der Waals surface area contributed by atoms with Crippen LogP contribution in [0.2, 0.25) is 10.0 Å². The molecule has 1 aliphatic rings. The molecule has 0 N–H and O–H groups in total. The lowest BCUT2D eigenvalue weighted by Gasteiger charge is -2.34. The molecule has 1 aliphatic heterocycles. The van der Waals surface area contributed by atoms with Gasteiger partial charge in [-0.2, -0.15) is 4.31 Å². The molecule has 2 rings (SSSR count). The van der Waals surface area contributed by atoms with E-state index >= 15 is 0 Å². The summed E-state index contributed by atoms with van der Waals surface area (Å²) in [4.78, 5) is 0.139. The van der Waals surface area contributed by atoms with Gasteiger partial charge >= 0.3 is 0 Å². The van der Waals surface area contributed by atoms with Gasteiger partial charge in [-0.05, 0) is 36.5 Å². The highest BCUT2D eigenvalue weighted by Crippen LogP contribution is 2.31. The van der Waals surface area contributed by atoms with Crippen molar-refractivity contribution in [3.63, 3.8) is 0 Å². The number of nitrogens with zero attached hydrogens (tertiary/aromatic N) is 1. The van der Waals surface area contributed by atoms with E-state index in [1.807, 2.05) is 0 Å². The van der Waals surface area contributed by atoms with E-state index in [2.05, 4.69) is 13.8 Å². The smallest absolute Gasteiger partial charge is 0.207 e. The Bertz CT molecular complexity index is 564. The standard InChI is InChI=1S/C13H17Cl2NO2S/c1-9-5-10(2)8-16(7-9)19(17,18)13-4-3-11(14)6-12(13)15/h3-4,6,9-10H,5,7-8H2,1-2H3/t9-,10-/m0/s1. The molecule has 6 heteroatoms. The van der Waals surface area contributed by atoms with Crippen LogP contribution in [0.3, 0.4) is 0 Å². The molecule has 1 heterocycles. The van der Waals surface area contributed by atoms with Crippen molar-refractivity contribution in [2.75, 3.05) is 13.1 Å². The van der Waals surface area contributed by atoms with E-state index in [9.17, 15) is 8.42 Å². The first-order valence-corrected chi connectivity index (χ1v) is 8.45. The minimum atomic E-state index is -3.53. The summed E-state index contributed by atoms with van der Waals surface area (Å²) in [5.74, 6) is 0.731. The highest BCUT2D eigenvalue weighted by Gasteiger charge is 2.32. The average Bonchev–Trinajstić information content (AvgIpc) is 2.26. The highest BCUT2D eigenvalue weighted by molar-refractivity contribution is 7.89. The molecule has 1 fully saturated rings. The Labute approximate surface area is 124 Å². The molecule has 0 amide bonds. The van der Waals surface area contributed by atoms with Crippen molar-refractivity contribution in [2.45, 2.75) is 25.2 Å². The van der Waals surface area contributed by atoms with Gasteiger partial charge in [0.25, 0.3) is 0 Å². The van der Waals surface area contributed by atoms with Crippen LogP contribution in [0.4, 0.5) is 0 Å². The molecular formula is C13H17Cl2NO2S. The van der Waals surface area contributed by atoms with E-state index in [0.717, 1.165) is 6.42 Å². The minimum Gasteiger partial charge on any atom is -0.207 e. The third-order valence-corrected chi connectivity index (χ3v) is 5.90. The van der Waals surface area contributed by atoms with Gasteiger partial charge in [0, 0.05) is 18.1 Å². The molecule has 1 aromatic carbocycles. The fourth-order valence-corrected chi connectivity index (χ4v) is 5.05. The molecule has 1 saturated heterocycles. The fourth-order valence-electron chi connectivity index (χ4n) is 2.63. The maximum Gasteiger partial charge on any atom is 0.244 e. The first kappa shape index (κ1) is 15.1. The molecule has 3 nitrogen and oxygen atoms in total. The van der Waals surface area contributed by atoms with Crippen molar-refractivity contribution in [1.82, 2.24) is 4.31 Å². The van der Waals surface area contributed by atoms with Gasteiger partial charge in [-0.1, -0.05) is 37.0 Å². The molecule has 19 heavy (non-hydrogen) atoms. The Morgan fingerprint density at radius 3 is 2.26 bits per heavy atom. The summed E-state index contributed by atoms with van der Waals surface area (Å²) in [5.41, 5.74) is 0. The van der Waals surface area contributed by atoms with Crippen molar-refractivity contribution < 1.29 is 8.42 Å². The van der Waals surface area contributed by atoms with Crippen LogP contribution in [0.1, 0.15) is 20.3 Å². The molecule has 2 atom stereocenters. The normalized spacial score (nSPS) is 25.5. The lowest BCUT2D eigenvalue weighted by molar-refractivity contribution is 0.222. The van der Waals surface area contributed by atoms with Crippen LogP contribution in [0, 0.1) is 11.8 Å². The number of hydrogen-bond donors (Lipinski definition) is 0. The second kappa shape index (κ2) is 5.60. The summed E-state index contributed by atoms with van der Waals surface area (Å²) in [6.07, 6.45) is 1.06. The monoisotopic (exact) mass is 321 g/mol. The Morgan fingerprint density at radius 2 is 1.74 bits per heavy atom. The number of benzene rings is 1. The van der Waals surface area contributed by atoms with Gasteiger partial charge in [0.1, 0.15) is 4.90 Å². The lowest BCUT2D eigenvalue weighted by atomic mass is 9.94. The third-order valence-electron chi connectivity index (χ3n) is 3.35. The van der Waals surface area contributed by atoms with Crippen molar-refractivity contribution >= 4 is 33.2 Å². The summed E-state index contributed by atoms with van der Waals surface area (Å²) in [7, 11) is -3.53. The van der Waals surface area contributed by atoms with E-state index in [-0.39, 0.29) is 9.92 Å². The molecular weight excluding hydrogens is 305 g/mol. The molecule has 1 aromatic rings. The van der Waals surface area contributed by atoms with E-state index in [1.165, 1.54) is 16.4 Å². The van der Waals surface area contributed by atoms with Crippen LogP contribution in [-0.2, 0) is 10.0 Å². The Hall–Kier alpha value is -0.290. The predicted octanol–water partition coefficient (Wildman–Crippen LogP) is 3.66. The SMILES string of the molecule is C[C@H]1C[C@H](C)CN(S(=O)(=O)c2ccc(Cl)cc2Cl)C1. The summed E-state index contributed by atoms with van der Waals surface area (Å²) >= 11 is 11.8. The topological polar surface area (TPSA) is 37.4 Å². The van der Waals surface area contributed by atoms with Crippen molar-refractivity contribution in [2.24, 2.45) is 11.8 Å². The predicted molar refractivity (Wildman–Crippen MR) is 78.2 cm³/mol. The first-order valence-electron chi connectivity index (χ1n) is 6.26. The van der Waals surface area contributed by atoms with Gasteiger partial charge < -0.3 is 0 Å². The molecule has 0 unspecified atom stereocenters. The maximum absolute atomic E-state index is 12.6. The second-order valence-electron chi connectivity index (χ2n) is 5.34. The largest absolute Gasteiger partial charge is 0.244 e. The summed E-state index contributed by atoms with van der Waals surface area (Å²) < 4.78 is 26.7. The number of rotatable bonds is 2. The molecule has 0 spiro atoms. The minimum absolute atomic E-state index is 0.139. The Kier molecular flexibility index (Phi) is 4.45. The van der Waals surface area contributed by atoms with E-state index < -0.39 is 10.0 Å². The zero-order valence-corrected chi connectivity index (χ0v) is 13.3.